The fourth-order valence-electron chi connectivity index (χ4n) is 3.22. The number of allylic oxidation sites excluding steroid dienone is 1. The summed E-state index contributed by atoms with van der Waals surface area (Å²) < 4.78 is 0. The van der Waals surface area contributed by atoms with Crippen molar-refractivity contribution in [1.82, 2.24) is 10.6 Å². The van der Waals surface area contributed by atoms with Gasteiger partial charge in [0.25, 0.3) is 0 Å². The van der Waals surface area contributed by atoms with Crippen LogP contribution in [0.25, 0.3) is 0 Å². The van der Waals surface area contributed by atoms with E-state index in [2.05, 4.69) is 30.6 Å². The predicted octanol–water partition coefficient (Wildman–Crippen LogP) is 2.46. The Morgan fingerprint density at radius 3 is 2.81 bits per heavy atom. The Hall–Kier alpha value is -0.340. The van der Waals surface area contributed by atoms with Crippen LogP contribution in [0.4, 0.5) is 0 Å². The second-order valence-electron chi connectivity index (χ2n) is 5.59. The van der Waals surface area contributed by atoms with Crippen molar-refractivity contribution in [2.45, 2.75) is 58.0 Å². The third-order valence-corrected chi connectivity index (χ3v) is 4.08. The van der Waals surface area contributed by atoms with E-state index in [4.69, 9.17) is 0 Å². The van der Waals surface area contributed by atoms with Crippen LogP contribution in [0.3, 0.4) is 0 Å². The van der Waals surface area contributed by atoms with Crippen LogP contribution in [-0.4, -0.2) is 25.2 Å². The second kappa shape index (κ2) is 5.83. The summed E-state index contributed by atoms with van der Waals surface area (Å²) in [6.45, 7) is 6.64. The van der Waals surface area contributed by atoms with E-state index in [1.807, 2.05) is 0 Å². The molecule has 2 rings (SSSR count). The Kier molecular flexibility index (Phi) is 4.42. The van der Waals surface area contributed by atoms with Gasteiger partial charge in [0.1, 0.15) is 0 Å². The number of rotatable bonds is 4. The zero-order valence-corrected chi connectivity index (χ0v) is 10.8. The van der Waals surface area contributed by atoms with Gasteiger partial charge in [-0.15, -0.1) is 0 Å². The largest absolute Gasteiger partial charge is 0.314 e. The van der Waals surface area contributed by atoms with Crippen LogP contribution in [-0.2, 0) is 0 Å². The van der Waals surface area contributed by atoms with E-state index in [1.165, 1.54) is 44.2 Å². The van der Waals surface area contributed by atoms with Crippen LogP contribution in [0.2, 0.25) is 0 Å². The standard InChI is InChI=1S/C14H26N2/c1-11(2)8-10-16-13-6-3-5-12(13)14-7-4-9-15-14/h8,12-16H,3-7,9-10H2,1-2H3. The molecule has 0 bridgehead atoms. The number of nitrogens with one attached hydrogen (secondary N) is 2. The first-order valence-electron chi connectivity index (χ1n) is 6.87. The van der Waals surface area contributed by atoms with E-state index in [1.54, 1.807) is 0 Å². The van der Waals surface area contributed by atoms with Crippen LogP contribution < -0.4 is 10.6 Å². The Morgan fingerprint density at radius 2 is 2.12 bits per heavy atom. The molecule has 0 aromatic heterocycles. The lowest BCUT2D eigenvalue weighted by molar-refractivity contribution is 0.328. The minimum Gasteiger partial charge on any atom is -0.314 e. The normalized spacial score (nSPS) is 34.2. The van der Waals surface area contributed by atoms with E-state index in [0.29, 0.717) is 0 Å². The summed E-state index contributed by atoms with van der Waals surface area (Å²) in [6.07, 6.45) is 9.28. The van der Waals surface area contributed by atoms with Crippen molar-refractivity contribution in [1.29, 1.82) is 0 Å². The first-order chi connectivity index (χ1) is 7.77. The summed E-state index contributed by atoms with van der Waals surface area (Å²) in [5, 5.41) is 7.40. The Morgan fingerprint density at radius 1 is 1.25 bits per heavy atom. The minimum absolute atomic E-state index is 0.756. The van der Waals surface area contributed by atoms with Crippen molar-refractivity contribution in [2.24, 2.45) is 5.92 Å². The van der Waals surface area contributed by atoms with Gasteiger partial charge in [-0.2, -0.15) is 0 Å². The van der Waals surface area contributed by atoms with E-state index in [-0.39, 0.29) is 0 Å². The zero-order valence-electron chi connectivity index (χ0n) is 10.8. The lowest BCUT2D eigenvalue weighted by atomic mass is 9.93. The molecule has 2 heteroatoms. The SMILES string of the molecule is CC(C)=CCNC1CCCC1C1CCCN1. The van der Waals surface area contributed by atoms with Crippen LogP contribution in [0.15, 0.2) is 11.6 Å². The molecule has 2 N–H and O–H groups in total. The predicted molar refractivity (Wildman–Crippen MR) is 69.6 cm³/mol. The summed E-state index contributed by atoms with van der Waals surface area (Å²) in [6, 6.07) is 1.55. The molecular formula is C14H26N2. The minimum atomic E-state index is 0.756. The molecule has 0 spiro atoms. The van der Waals surface area contributed by atoms with Gasteiger partial charge in [-0.25, -0.2) is 0 Å². The zero-order chi connectivity index (χ0) is 11.4. The van der Waals surface area contributed by atoms with Crippen LogP contribution in [0.1, 0.15) is 46.0 Å². The van der Waals surface area contributed by atoms with Crippen molar-refractivity contribution < 1.29 is 0 Å². The molecule has 0 aromatic carbocycles. The fourth-order valence-corrected chi connectivity index (χ4v) is 3.22. The van der Waals surface area contributed by atoms with Crippen molar-refractivity contribution in [3.05, 3.63) is 11.6 Å². The smallest absolute Gasteiger partial charge is 0.0140 e. The first-order valence-corrected chi connectivity index (χ1v) is 6.87. The molecule has 0 aromatic rings. The maximum Gasteiger partial charge on any atom is 0.0140 e. The highest BCUT2D eigenvalue weighted by Gasteiger charge is 2.34. The summed E-state index contributed by atoms with van der Waals surface area (Å²) in [5.74, 6) is 0.882. The van der Waals surface area contributed by atoms with Crippen molar-refractivity contribution in [3.63, 3.8) is 0 Å². The molecule has 3 atom stereocenters. The average Bonchev–Trinajstić information content (AvgIpc) is 2.84. The Bertz CT molecular complexity index is 237. The highest BCUT2D eigenvalue weighted by Crippen LogP contribution is 2.31. The van der Waals surface area contributed by atoms with Gasteiger partial charge in [0.2, 0.25) is 0 Å². The van der Waals surface area contributed by atoms with E-state index < -0.39 is 0 Å². The van der Waals surface area contributed by atoms with Crippen molar-refractivity contribution in [3.8, 4) is 0 Å². The summed E-state index contributed by atoms with van der Waals surface area (Å²) in [7, 11) is 0. The molecule has 1 aliphatic carbocycles. The van der Waals surface area contributed by atoms with Gasteiger partial charge >= 0.3 is 0 Å². The second-order valence-corrected chi connectivity index (χ2v) is 5.59. The third-order valence-electron chi connectivity index (χ3n) is 4.08. The molecule has 3 unspecified atom stereocenters. The maximum atomic E-state index is 3.72. The van der Waals surface area contributed by atoms with Gasteiger partial charge in [0.05, 0.1) is 0 Å². The van der Waals surface area contributed by atoms with Gasteiger partial charge < -0.3 is 10.6 Å². The lowest BCUT2D eigenvalue weighted by Gasteiger charge is -2.26. The molecule has 0 amide bonds. The molecule has 0 radical (unpaired) electrons. The lowest BCUT2D eigenvalue weighted by Crippen LogP contribution is -2.42. The summed E-state index contributed by atoms with van der Waals surface area (Å²) in [4.78, 5) is 0. The van der Waals surface area contributed by atoms with E-state index in [0.717, 1.165) is 24.5 Å². The van der Waals surface area contributed by atoms with Crippen molar-refractivity contribution >= 4 is 0 Å². The highest BCUT2D eigenvalue weighted by molar-refractivity contribution is 4.98. The molecule has 1 saturated carbocycles. The number of hydrogen-bond donors (Lipinski definition) is 2. The highest BCUT2D eigenvalue weighted by atomic mass is 15.0. The van der Waals surface area contributed by atoms with Crippen LogP contribution in [0.5, 0.6) is 0 Å². The van der Waals surface area contributed by atoms with Gasteiger partial charge in [-0.1, -0.05) is 18.1 Å². The molecule has 1 saturated heterocycles. The van der Waals surface area contributed by atoms with Gasteiger partial charge in [-0.05, 0) is 52.0 Å². The van der Waals surface area contributed by atoms with Crippen LogP contribution in [0, 0.1) is 5.92 Å². The first kappa shape index (κ1) is 12.1. The topological polar surface area (TPSA) is 24.1 Å². The monoisotopic (exact) mass is 222 g/mol. The number of hydrogen-bond acceptors (Lipinski definition) is 2. The van der Waals surface area contributed by atoms with Gasteiger partial charge in [-0.3, -0.25) is 0 Å². The quantitative estimate of drug-likeness (QED) is 0.714. The molecule has 1 heterocycles. The maximum absolute atomic E-state index is 3.72. The molecule has 92 valence electrons. The summed E-state index contributed by atoms with van der Waals surface area (Å²) in [5.41, 5.74) is 1.42. The van der Waals surface area contributed by atoms with Crippen LogP contribution >= 0.6 is 0 Å². The van der Waals surface area contributed by atoms with Gasteiger partial charge in [0, 0.05) is 18.6 Å². The van der Waals surface area contributed by atoms with E-state index >= 15 is 0 Å². The Balaban J connectivity index is 1.80. The molecule has 1 aliphatic heterocycles. The third kappa shape index (κ3) is 3.08. The Labute approximate surface area is 99.9 Å². The molecule has 2 fully saturated rings. The summed E-state index contributed by atoms with van der Waals surface area (Å²) >= 11 is 0. The van der Waals surface area contributed by atoms with E-state index in [9.17, 15) is 0 Å². The molecule has 2 nitrogen and oxygen atoms in total. The fraction of sp³-hybridized carbons (Fsp3) is 0.857. The van der Waals surface area contributed by atoms with Gasteiger partial charge in [0.15, 0.2) is 0 Å². The molecule has 16 heavy (non-hydrogen) atoms. The molecule has 2 aliphatic rings. The average molecular weight is 222 g/mol. The molecular weight excluding hydrogens is 196 g/mol. The van der Waals surface area contributed by atoms with Crippen molar-refractivity contribution in [2.75, 3.05) is 13.1 Å².